The van der Waals surface area contributed by atoms with Gasteiger partial charge in [0.25, 0.3) is 0 Å². The van der Waals surface area contributed by atoms with E-state index in [9.17, 15) is 0 Å². The maximum atomic E-state index is 6.39. The van der Waals surface area contributed by atoms with Crippen LogP contribution in [0.1, 0.15) is 28.3 Å². The van der Waals surface area contributed by atoms with E-state index >= 15 is 0 Å². The molecule has 1 aliphatic heterocycles. The molecule has 1 unspecified atom stereocenters. The van der Waals surface area contributed by atoms with E-state index in [1.807, 2.05) is 25.2 Å². The predicted molar refractivity (Wildman–Crippen MR) is 135 cm³/mol. The number of nitrogens with zero attached hydrogens (tertiary/aromatic N) is 2. The Kier molecular flexibility index (Phi) is 5.06. The van der Waals surface area contributed by atoms with Gasteiger partial charge < -0.3 is 16.4 Å². The maximum absolute atomic E-state index is 6.39. The fourth-order valence-electron chi connectivity index (χ4n) is 4.78. The predicted octanol–water partition coefficient (Wildman–Crippen LogP) is 5.44. The van der Waals surface area contributed by atoms with Crippen molar-refractivity contribution >= 4 is 22.4 Å². The molecule has 5 rings (SSSR count). The summed E-state index contributed by atoms with van der Waals surface area (Å²) >= 11 is 0. The lowest BCUT2D eigenvalue weighted by molar-refractivity contribution is 0.367. The lowest BCUT2D eigenvalue weighted by Gasteiger charge is -2.33. The highest BCUT2D eigenvalue weighted by molar-refractivity contribution is 5.91. The molecule has 4 aromatic rings. The van der Waals surface area contributed by atoms with E-state index in [1.165, 1.54) is 38.6 Å². The summed E-state index contributed by atoms with van der Waals surface area (Å²) in [6.45, 7) is 2.78. The van der Waals surface area contributed by atoms with Crippen molar-refractivity contribution in [3.8, 4) is 11.1 Å². The molecule has 0 spiro atoms. The van der Waals surface area contributed by atoms with Gasteiger partial charge in [-0.2, -0.15) is 0 Å². The summed E-state index contributed by atoms with van der Waals surface area (Å²) in [5.41, 5.74) is 20.6. The molecule has 1 atom stereocenters. The maximum Gasteiger partial charge on any atom is 0.191 e. The number of aliphatic imine (C=N–C) groups is 1. The molecular weight excluding hydrogens is 392 g/mol. The number of nitrogen functional groups attached to an aromatic ring is 1. The molecule has 0 saturated carbocycles. The van der Waals surface area contributed by atoms with Gasteiger partial charge in [0.15, 0.2) is 5.96 Å². The Labute approximate surface area is 189 Å². The number of nitrogens with two attached hydrogens (primary N) is 2. The van der Waals surface area contributed by atoms with Crippen LogP contribution >= 0.6 is 0 Å². The van der Waals surface area contributed by atoms with Crippen molar-refractivity contribution in [3.05, 3.63) is 101 Å². The lowest BCUT2D eigenvalue weighted by atomic mass is 9.88. The lowest BCUT2D eigenvalue weighted by Crippen LogP contribution is -2.39. The average Bonchev–Trinajstić information content (AvgIpc) is 2.80. The molecular formula is C28H28N4. The number of rotatable bonds is 3. The van der Waals surface area contributed by atoms with Gasteiger partial charge in [-0.3, -0.25) is 0 Å². The summed E-state index contributed by atoms with van der Waals surface area (Å²) in [6, 6.07) is 27.8. The number of hydrogen-bond donors (Lipinski definition) is 2. The number of anilines is 1. The van der Waals surface area contributed by atoms with Crippen molar-refractivity contribution in [3.63, 3.8) is 0 Å². The highest BCUT2D eigenvalue weighted by Gasteiger charge is 2.25. The van der Waals surface area contributed by atoms with Gasteiger partial charge in [-0.05, 0) is 69.6 Å². The largest absolute Gasteiger partial charge is 0.399 e. The minimum absolute atomic E-state index is 0.0980. The Bertz CT molecular complexity index is 1330. The number of hydrogen-bond acceptors (Lipinski definition) is 4. The highest BCUT2D eigenvalue weighted by Crippen LogP contribution is 2.35. The molecule has 4 N–H and O–H groups in total. The first-order valence-electron chi connectivity index (χ1n) is 11.0. The minimum atomic E-state index is 0.0980. The van der Waals surface area contributed by atoms with Gasteiger partial charge in [-0.25, -0.2) is 4.99 Å². The summed E-state index contributed by atoms with van der Waals surface area (Å²) in [5.74, 6) is 0.579. The second-order valence-electron chi connectivity index (χ2n) is 8.63. The summed E-state index contributed by atoms with van der Waals surface area (Å²) in [5, 5.41) is 2.56. The van der Waals surface area contributed by atoms with E-state index in [1.54, 1.807) is 0 Å². The summed E-state index contributed by atoms with van der Waals surface area (Å²) in [7, 11) is 2.05. The molecule has 32 heavy (non-hydrogen) atoms. The van der Waals surface area contributed by atoms with Crippen molar-refractivity contribution in [2.45, 2.75) is 25.9 Å². The topological polar surface area (TPSA) is 67.6 Å². The van der Waals surface area contributed by atoms with Crippen LogP contribution in [0.4, 0.5) is 5.69 Å². The Hall–Kier alpha value is -3.79. The molecule has 1 heterocycles. The van der Waals surface area contributed by atoms with Crippen LogP contribution in [0, 0.1) is 6.92 Å². The molecule has 4 heteroatoms. The third-order valence-corrected chi connectivity index (χ3v) is 6.60. The summed E-state index contributed by atoms with van der Waals surface area (Å²) in [4.78, 5) is 6.79. The monoisotopic (exact) mass is 420 g/mol. The molecule has 0 bridgehead atoms. The van der Waals surface area contributed by atoms with Crippen molar-refractivity contribution < 1.29 is 0 Å². The van der Waals surface area contributed by atoms with Crippen LogP contribution in [0.5, 0.6) is 0 Å². The van der Waals surface area contributed by atoms with E-state index in [0.717, 1.165) is 17.7 Å². The molecule has 0 aromatic heterocycles. The van der Waals surface area contributed by atoms with E-state index in [-0.39, 0.29) is 6.04 Å². The molecule has 0 amide bonds. The SMILES string of the molecule is Cc1cc(-c2cccc(N)c2)ccc1CC1c2cccc3cccc(c23)CN=C(N)N1C. The molecule has 0 aliphatic carbocycles. The van der Waals surface area contributed by atoms with E-state index < -0.39 is 0 Å². The molecule has 1 aliphatic rings. The Morgan fingerprint density at radius 2 is 1.66 bits per heavy atom. The fraction of sp³-hybridized carbons (Fsp3) is 0.179. The number of guanidine groups is 1. The Morgan fingerprint density at radius 1 is 0.906 bits per heavy atom. The van der Waals surface area contributed by atoms with Crippen LogP contribution in [0.3, 0.4) is 0 Å². The van der Waals surface area contributed by atoms with Gasteiger partial charge in [-0.1, -0.05) is 66.7 Å². The molecule has 4 aromatic carbocycles. The molecule has 0 saturated heterocycles. The van der Waals surface area contributed by atoms with Gasteiger partial charge in [0.05, 0.1) is 12.6 Å². The third-order valence-electron chi connectivity index (χ3n) is 6.60. The third kappa shape index (κ3) is 3.58. The zero-order chi connectivity index (χ0) is 22.2. The second-order valence-corrected chi connectivity index (χ2v) is 8.63. The average molecular weight is 421 g/mol. The van der Waals surface area contributed by atoms with Gasteiger partial charge in [0.2, 0.25) is 0 Å². The minimum Gasteiger partial charge on any atom is -0.399 e. The first-order valence-corrected chi connectivity index (χ1v) is 11.0. The number of aryl methyl sites for hydroxylation is 1. The normalized spacial score (nSPS) is 15.9. The standard InChI is InChI=1S/C28H28N4/c1-18-14-22(21-8-4-10-24(29)15-21)13-12-20(18)16-26-25-11-5-7-19-6-3-9-23(27(19)25)17-31-28(30)32(26)2/h3-15,26H,16-17,29H2,1-2H3,(H2,30,31). The van der Waals surface area contributed by atoms with E-state index in [2.05, 4.69) is 77.5 Å². The fourth-order valence-corrected chi connectivity index (χ4v) is 4.78. The van der Waals surface area contributed by atoms with Crippen LogP contribution in [-0.4, -0.2) is 17.9 Å². The van der Waals surface area contributed by atoms with Crippen LogP contribution in [0.2, 0.25) is 0 Å². The zero-order valence-corrected chi connectivity index (χ0v) is 18.5. The van der Waals surface area contributed by atoms with Gasteiger partial charge in [0.1, 0.15) is 0 Å². The van der Waals surface area contributed by atoms with Crippen molar-refractivity contribution in [1.82, 2.24) is 4.90 Å². The van der Waals surface area contributed by atoms with Gasteiger partial charge >= 0.3 is 0 Å². The Morgan fingerprint density at radius 3 is 2.44 bits per heavy atom. The van der Waals surface area contributed by atoms with Crippen molar-refractivity contribution in [1.29, 1.82) is 0 Å². The van der Waals surface area contributed by atoms with Crippen LogP contribution in [0.15, 0.2) is 83.9 Å². The van der Waals surface area contributed by atoms with Crippen LogP contribution in [0.25, 0.3) is 21.9 Å². The highest BCUT2D eigenvalue weighted by atomic mass is 15.3. The zero-order valence-electron chi connectivity index (χ0n) is 18.5. The molecule has 0 fully saturated rings. The summed E-state index contributed by atoms with van der Waals surface area (Å²) in [6.07, 6.45) is 0.850. The molecule has 160 valence electrons. The smallest absolute Gasteiger partial charge is 0.191 e. The van der Waals surface area contributed by atoms with Crippen molar-refractivity contribution in [2.24, 2.45) is 10.7 Å². The van der Waals surface area contributed by atoms with Crippen LogP contribution < -0.4 is 11.5 Å². The number of benzene rings is 4. The van der Waals surface area contributed by atoms with Gasteiger partial charge in [0, 0.05) is 12.7 Å². The quantitative estimate of drug-likeness (QED) is 0.434. The van der Waals surface area contributed by atoms with E-state index in [0.29, 0.717) is 12.5 Å². The number of likely N-dealkylation sites (N-methyl/N-ethyl adjacent to an activating group) is 1. The molecule has 0 radical (unpaired) electrons. The first kappa shape index (κ1) is 20.1. The Balaban J connectivity index is 1.57. The van der Waals surface area contributed by atoms with Crippen LogP contribution in [-0.2, 0) is 13.0 Å². The molecule has 4 nitrogen and oxygen atoms in total. The second kappa shape index (κ2) is 8.04. The van der Waals surface area contributed by atoms with E-state index in [4.69, 9.17) is 11.5 Å². The first-order chi connectivity index (χ1) is 15.5. The van der Waals surface area contributed by atoms with Crippen molar-refractivity contribution in [2.75, 3.05) is 12.8 Å². The summed E-state index contributed by atoms with van der Waals surface area (Å²) < 4.78 is 0. The van der Waals surface area contributed by atoms with Gasteiger partial charge in [-0.15, -0.1) is 0 Å².